The number of unbranched alkanes of at least 4 members (excludes halogenated alkanes) is 12. The van der Waals surface area contributed by atoms with Gasteiger partial charge in [0.1, 0.15) is 6.54 Å². The van der Waals surface area contributed by atoms with Crippen molar-refractivity contribution in [1.29, 1.82) is 0 Å². The van der Waals surface area contributed by atoms with Crippen molar-refractivity contribution < 1.29 is 9.59 Å². The molecular weight excluding hydrogens is 294 g/mol. The Hall–Kier alpha value is -0.340. The maximum Gasteiger partial charge on any atom is 0.102 e. The predicted octanol–water partition coefficient (Wildman–Crippen LogP) is 6.09. The summed E-state index contributed by atoms with van der Waals surface area (Å²) in [4.78, 5) is 0. The molecule has 1 N–H and O–H groups in total. The van der Waals surface area contributed by atoms with Gasteiger partial charge in [-0.1, -0.05) is 70.4 Å². The van der Waals surface area contributed by atoms with Gasteiger partial charge in [0.25, 0.3) is 0 Å². The van der Waals surface area contributed by atoms with Crippen LogP contribution in [-0.4, -0.2) is 43.4 Å². The van der Waals surface area contributed by atoms with Crippen molar-refractivity contribution in [1.82, 2.24) is 0 Å². The van der Waals surface area contributed by atoms with Crippen molar-refractivity contribution >= 4 is 0 Å². The van der Waals surface area contributed by atoms with Gasteiger partial charge in [-0.3, -0.25) is 0 Å². The van der Waals surface area contributed by atoms with E-state index >= 15 is 0 Å². The highest BCUT2D eigenvalue weighted by atomic mass is 16.3. The first kappa shape index (κ1) is 23.7. The van der Waals surface area contributed by atoms with E-state index in [4.69, 9.17) is 5.11 Å². The van der Waals surface area contributed by atoms with E-state index in [2.05, 4.69) is 33.2 Å². The zero-order valence-corrected chi connectivity index (χ0v) is 17.1. The molecule has 0 aromatic heterocycles. The van der Waals surface area contributed by atoms with Crippen LogP contribution in [-0.2, 0) is 0 Å². The van der Waals surface area contributed by atoms with Crippen molar-refractivity contribution in [3.8, 4) is 0 Å². The van der Waals surface area contributed by atoms with E-state index in [9.17, 15) is 0 Å². The molecule has 0 aliphatic heterocycles. The lowest BCUT2D eigenvalue weighted by Crippen LogP contribution is -2.42. The standard InChI is InChI=1S/C22H46NO/c1-4-5-6-7-8-9-10-11-12-13-14-15-16-17-18-19-20-23(2,3)21-22-24/h11-12,24H,4-10,13-22H2,1-3H3/q+1/b12-11+. The molecule has 0 aromatic carbocycles. The average molecular weight is 341 g/mol. The molecule has 0 heterocycles. The van der Waals surface area contributed by atoms with Crippen molar-refractivity contribution in [2.24, 2.45) is 0 Å². The Morgan fingerprint density at radius 2 is 1.08 bits per heavy atom. The zero-order chi connectivity index (χ0) is 17.9. The Balaban J connectivity index is 3.21. The van der Waals surface area contributed by atoms with Crippen LogP contribution in [0.25, 0.3) is 0 Å². The topological polar surface area (TPSA) is 20.2 Å². The summed E-state index contributed by atoms with van der Waals surface area (Å²) < 4.78 is 0.958. The molecule has 0 atom stereocenters. The van der Waals surface area contributed by atoms with Gasteiger partial charge in [0.05, 0.1) is 27.2 Å². The number of allylic oxidation sites excluding steroid dienone is 2. The highest BCUT2D eigenvalue weighted by Gasteiger charge is 2.12. The Morgan fingerprint density at radius 3 is 1.58 bits per heavy atom. The molecule has 2 heteroatoms. The molecular formula is C22H46NO+. The zero-order valence-electron chi connectivity index (χ0n) is 17.1. The molecule has 0 amide bonds. The van der Waals surface area contributed by atoms with Gasteiger partial charge in [0, 0.05) is 0 Å². The van der Waals surface area contributed by atoms with Crippen molar-refractivity contribution in [3.05, 3.63) is 12.2 Å². The number of nitrogens with zero attached hydrogens (tertiary/aromatic N) is 1. The van der Waals surface area contributed by atoms with Crippen LogP contribution >= 0.6 is 0 Å². The van der Waals surface area contributed by atoms with E-state index < -0.39 is 0 Å². The van der Waals surface area contributed by atoms with Crippen LogP contribution in [0.2, 0.25) is 0 Å². The minimum absolute atomic E-state index is 0.305. The van der Waals surface area contributed by atoms with Crippen molar-refractivity contribution in [2.45, 2.75) is 96.8 Å². The number of hydrogen-bond acceptors (Lipinski definition) is 1. The fraction of sp³-hybridized carbons (Fsp3) is 0.909. The molecule has 0 rings (SSSR count). The van der Waals surface area contributed by atoms with Gasteiger partial charge in [-0.15, -0.1) is 0 Å². The summed E-state index contributed by atoms with van der Waals surface area (Å²) in [5, 5.41) is 9.02. The summed E-state index contributed by atoms with van der Waals surface area (Å²) in [6, 6.07) is 0. The van der Waals surface area contributed by atoms with Gasteiger partial charge in [0.15, 0.2) is 0 Å². The van der Waals surface area contributed by atoms with E-state index in [1.165, 1.54) is 96.4 Å². The van der Waals surface area contributed by atoms with E-state index in [0.717, 1.165) is 11.0 Å². The molecule has 0 aromatic rings. The van der Waals surface area contributed by atoms with Crippen LogP contribution in [0.5, 0.6) is 0 Å². The van der Waals surface area contributed by atoms with E-state index in [1.807, 2.05) is 0 Å². The van der Waals surface area contributed by atoms with Crippen molar-refractivity contribution in [2.75, 3.05) is 33.8 Å². The van der Waals surface area contributed by atoms with Crippen LogP contribution in [0.3, 0.4) is 0 Å². The summed E-state index contributed by atoms with van der Waals surface area (Å²) in [5.41, 5.74) is 0. The summed E-state index contributed by atoms with van der Waals surface area (Å²) in [6.45, 7) is 4.66. The maximum atomic E-state index is 9.02. The fourth-order valence-corrected chi connectivity index (χ4v) is 3.17. The quantitative estimate of drug-likeness (QED) is 0.182. The van der Waals surface area contributed by atoms with Gasteiger partial charge in [0.2, 0.25) is 0 Å². The minimum Gasteiger partial charge on any atom is -0.391 e. The second-order valence-electron chi connectivity index (χ2n) is 8.04. The molecule has 0 saturated heterocycles. The number of aliphatic hydroxyl groups is 1. The molecule has 0 spiro atoms. The smallest absolute Gasteiger partial charge is 0.102 e. The molecule has 2 nitrogen and oxygen atoms in total. The maximum absolute atomic E-state index is 9.02. The number of quaternary nitrogens is 1. The summed E-state index contributed by atoms with van der Waals surface area (Å²) in [6.07, 6.45) is 23.9. The van der Waals surface area contributed by atoms with Crippen LogP contribution in [0.4, 0.5) is 0 Å². The van der Waals surface area contributed by atoms with Gasteiger partial charge >= 0.3 is 0 Å². The van der Waals surface area contributed by atoms with Crippen LogP contribution < -0.4 is 0 Å². The Labute approximate surface area is 152 Å². The normalized spacial score (nSPS) is 12.3. The lowest BCUT2D eigenvalue weighted by Gasteiger charge is -2.28. The Kier molecular flexibility index (Phi) is 17.2. The van der Waals surface area contributed by atoms with E-state index in [1.54, 1.807) is 0 Å². The summed E-state index contributed by atoms with van der Waals surface area (Å²) in [5.74, 6) is 0. The molecule has 0 bridgehead atoms. The van der Waals surface area contributed by atoms with Crippen LogP contribution in [0.1, 0.15) is 96.8 Å². The highest BCUT2D eigenvalue weighted by Crippen LogP contribution is 2.11. The SMILES string of the molecule is CCCCCCCC/C=C/CCCCCCCC[N+](C)(C)CCO. The largest absolute Gasteiger partial charge is 0.391 e. The monoisotopic (exact) mass is 340 g/mol. The number of hydrogen-bond donors (Lipinski definition) is 1. The van der Waals surface area contributed by atoms with Gasteiger partial charge < -0.3 is 9.59 Å². The second kappa shape index (κ2) is 17.5. The third-order valence-electron chi connectivity index (χ3n) is 4.98. The van der Waals surface area contributed by atoms with Gasteiger partial charge in [-0.2, -0.15) is 0 Å². The molecule has 0 aliphatic carbocycles. The number of aliphatic hydroxyl groups excluding tert-OH is 1. The Morgan fingerprint density at radius 1 is 0.625 bits per heavy atom. The first-order valence-electron chi connectivity index (χ1n) is 10.7. The van der Waals surface area contributed by atoms with Crippen molar-refractivity contribution in [3.63, 3.8) is 0 Å². The molecule has 0 saturated carbocycles. The molecule has 0 fully saturated rings. The lowest BCUT2D eigenvalue weighted by atomic mass is 10.1. The van der Waals surface area contributed by atoms with Crippen LogP contribution in [0, 0.1) is 0 Å². The third-order valence-corrected chi connectivity index (χ3v) is 4.98. The lowest BCUT2D eigenvalue weighted by molar-refractivity contribution is -0.890. The number of rotatable bonds is 18. The third kappa shape index (κ3) is 18.0. The molecule has 0 radical (unpaired) electrons. The molecule has 24 heavy (non-hydrogen) atoms. The molecule has 0 unspecified atom stereocenters. The second-order valence-corrected chi connectivity index (χ2v) is 8.04. The average Bonchev–Trinajstić information content (AvgIpc) is 2.54. The molecule has 0 aliphatic rings. The van der Waals surface area contributed by atoms with Crippen LogP contribution in [0.15, 0.2) is 12.2 Å². The molecule has 144 valence electrons. The predicted molar refractivity (Wildman–Crippen MR) is 108 cm³/mol. The van der Waals surface area contributed by atoms with E-state index in [-0.39, 0.29) is 0 Å². The summed E-state index contributed by atoms with van der Waals surface area (Å²) in [7, 11) is 4.43. The van der Waals surface area contributed by atoms with Gasteiger partial charge in [-0.05, 0) is 38.5 Å². The minimum atomic E-state index is 0.305. The first-order chi connectivity index (χ1) is 11.6. The Bertz CT molecular complexity index is 273. The number of likely N-dealkylation sites (N-methyl/N-ethyl adjacent to an activating group) is 1. The summed E-state index contributed by atoms with van der Waals surface area (Å²) >= 11 is 0. The van der Waals surface area contributed by atoms with Gasteiger partial charge in [-0.25, -0.2) is 0 Å². The van der Waals surface area contributed by atoms with E-state index in [0.29, 0.717) is 6.61 Å². The fourth-order valence-electron chi connectivity index (χ4n) is 3.17. The first-order valence-corrected chi connectivity index (χ1v) is 10.7. The highest BCUT2D eigenvalue weighted by molar-refractivity contribution is 4.81.